The number of carbonyl (C=O) groups is 2. The van der Waals surface area contributed by atoms with Gasteiger partial charge >= 0.3 is 0 Å². The molecule has 0 aromatic heterocycles. The zero-order chi connectivity index (χ0) is 25.7. The predicted octanol–water partition coefficient (Wildman–Crippen LogP) is 2.49. The number of carbonyl (C=O) groups excluding carboxylic acids is 2. The minimum atomic E-state index is -1.10. The topological polar surface area (TPSA) is 99.1 Å². The number of benzene rings is 2. The molecule has 0 bridgehead atoms. The van der Waals surface area contributed by atoms with Gasteiger partial charge in [-0.3, -0.25) is 9.59 Å². The van der Waals surface area contributed by atoms with E-state index in [-0.39, 0.29) is 43.7 Å². The summed E-state index contributed by atoms with van der Waals surface area (Å²) in [6.45, 7) is 3.76. The number of aliphatic hydroxyl groups is 2. The van der Waals surface area contributed by atoms with Gasteiger partial charge in [-0.15, -0.1) is 6.58 Å². The highest BCUT2D eigenvalue weighted by molar-refractivity contribution is 5.96. The van der Waals surface area contributed by atoms with Crippen molar-refractivity contribution < 1.29 is 28.9 Å². The lowest BCUT2D eigenvalue weighted by atomic mass is 9.77. The molecule has 4 unspecified atom stereocenters. The highest BCUT2D eigenvalue weighted by Crippen LogP contribution is 2.47. The first kappa shape index (κ1) is 25.6. The number of rotatable bonds is 10. The first-order valence-corrected chi connectivity index (χ1v) is 12.1. The summed E-state index contributed by atoms with van der Waals surface area (Å²) < 4.78 is 19.8. The Balaban J connectivity index is 1.70. The fourth-order valence-corrected chi connectivity index (χ4v) is 4.94. The molecule has 1 heterocycles. The van der Waals surface area contributed by atoms with Crippen LogP contribution >= 0.6 is 0 Å². The van der Waals surface area contributed by atoms with E-state index in [1.165, 1.54) is 12.1 Å². The molecule has 0 saturated carbocycles. The van der Waals surface area contributed by atoms with Gasteiger partial charge in [0.2, 0.25) is 11.8 Å². The quantitative estimate of drug-likeness (QED) is 0.441. The number of para-hydroxylation sites is 1. The number of hydrogen-bond donors (Lipinski definition) is 3. The van der Waals surface area contributed by atoms with Crippen LogP contribution in [0.2, 0.25) is 0 Å². The fraction of sp³-hybridized carbons (Fsp3) is 0.357. The van der Waals surface area contributed by atoms with E-state index in [0.717, 1.165) is 5.56 Å². The van der Waals surface area contributed by atoms with Gasteiger partial charge in [0, 0.05) is 30.6 Å². The molecule has 4 rings (SSSR count). The Labute approximate surface area is 209 Å². The summed E-state index contributed by atoms with van der Waals surface area (Å²) in [6.07, 6.45) is 2.44. The number of ether oxygens (including phenoxy) is 1. The van der Waals surface area contributed by atoms with Gasteiger partial charge < -0.3 is 25.2 Å². The maximum absolute atomic E-state index is 13.7. The van der Waals surface area contributed by atoms with Gasteiger partial charge in [0.05, 0.1) is 18.6 Å². The summed E-state index contributed by atoms with van der Waals surface area (Å²) in [7, 11) is 0. The maximum atomic E-state index is 13.7. The first-order valence-electron chi connectivity index (χ1n) is 12.1. The number of nitrogens with one attached hydrogen (secondary N) is 1. The van der Waals surface area contributed by atoms with E-state index in [4.69, 9.17) is 4.74 Å². The predicted molar refractivity (Wildman–Crippen MR) is 133 cm³/mol. The van der Waals surface area contributed by atoms with E-state index < -0.39 is 24.2 Å². The maximum Gasteiger partial charge on any atom is 0.247 e. The fourth-order valence-electron chi connectivity index (χ4n) is 4.94. The molecule has 2 aromatic rings. The third-order valence-electron chi connectivity index (χ3n) is 6.65. The molecule has 2 aromatic carbocycles. The van der Waals surface area contributed by atoms with Crippen LogP contribution in [0, 0.1) is 5.82 Å². The zero-order valence-electron chi connectivity index (χ0n) is 20.0. The Hall–Kier alpha value is -3.49. The number of aliphatic hydroxyl groups excluding tert-OH is 2. The number of nitrogens with zero attached hydrogens (tertiary/aromatic N) is 1. The monoisotopic (exact) mass is 494 g/mol. The summed E-state index contributed by atoms with van der Waals surface area (Å²) >= 11 is 0. The molecule has 8 heteroatoms. The van der Waals surface area contributed by atoms with Crippen molar-refractivity contribution in [2.45, 2.75) is 43.4 Å². The van der Waals surface area contributed by atoms with Crippen molar-refractivity contribution in [3.05, 3.63) is 89.8 Å². The minimum absolute atomic E-state index is 0.0742. The second kappa shape index (κ2) is 11.5. The average molecular weight is 495 g/mol. The number of allylic oxidation sites excluding steroid dienone is 1. The number of halogens is 1. The van der Waals surface area contributed by atoms with Crippen molar-refractivity contribution in [3.8, 4) is 5.75 Å². The van der Waals surface area contributed by atoms with Gasteiger partial charge in [0.25, 0.3) is 0 Å². The minimum Gasteiger partial charge on any atom is -0.486 e. The van der Waals surface area contributed by atoms with E-state index in [1.54, 1.807) is 35.3 Å². The first-order chi connectivity index (χ1) is 17.4. The van der Waals surface area contributed by atoms with Gasteiger partial charge in [0.1, 0.15) is 23.8 Å². The molecule has 0 fully saturated rings. The Morgan fingerprint density at radius 1 is 1.19 bits per heavy atom. The molecule has 2 amide bonds. The lowest BCUT2D eigenvalue weighted by Gasteiger charge is -2.41. The number of amides is 2. The molecule has 36 heavy (non-hydrogen) atoms. The van der Waals surface area contributed by atoms with Crippen molar-refractivity contribution >= 4 is 11.8 Å². The normalized spacial score (nSPS) is 22.0. The lowest BCUT2D eigenvalue weighted by molar-refractivity contribution is -0.137. The molecule has 3 N–H and O–H groups in total. The van der Waals surface area contributed by atoms with Crippen LogP contribution in [-0.4, -0.2) is 64.9 Å². The van der Waals surface area contributed by atoms with E-state index in [2.05, 4.69) is 11.9 Å². The van der Waals surface area contributed by atoms with Crippen molar-refractivity contribution in [1.29, 1.82) is 0 Å². The van der Waals surface area contributed by atoms with E-state index in [1.807, 2.05) is 18.2 Å². The Kier molecular flexibility index (Phi) is 8.18. The smallest absolute Gasteiger partial charge is 0.247 e. The van der Waals surface area contributed by atoms with Crippen LogP contribution in [0.1, 0.15) is 29.9 Å². The van der Waals surface area contributed by atoms with Crippen LogP contribution in [0.4, 0.5) is 4.39 Å². The standard InChI is InChI=1S/C28H31FN2O5/c1-2-3-11-24(33)31(14-12-18-7-6-8-19(29)16-18)22-17-21(28(35)30-13-15-32)25-20-9-4-5-10-23(20)36-27(25)26(22)34/h2,4-10,16-17,22,25-27,32,34H,1,3,11-15H2,(H,30,35). The van der Waals surface area contributed by atoms with Gasteiger partial charge in [-0.05, 0) is 42.7 Å². The SMILES string of the molecule is C=CCCC(=O)N(CCc1cccc(F)c1)C1C=C(C(=O)NCCO)C2c3ccccc3OC2C1O. The van der Waals surface area contributed by atoms with Gasteiger partial charge in [-0.25, -0.2) is 4.39 Å². The molecule has 2 aliphatic rings. The molecule has 0 spiro atoms. The largest absolute Gasteiger partial charge is 0.486 e. The van der Waals surface area contributed by atoms with E-state index in [0.29, 0.717) is 29.7 Å². The Bertz CT molecular complexity index is 1150. The molecular formula is C28H31FN2O5. The molecule has 7 nitrogen and oxygen atoms in total. The summed E-state index contributed by atoms with van der Waals surface area (Å²) in [6, 6.07) is 12.6. The van der Waals surface area contributed by atoms with E-state index >= 15 is 0 Å². The molecule has 1 aliphatic heterocycles. The highest BCUT2D eigenvalue weighted by Gasteiger charge is 2.50. The third kappa shape index (κ3) is 5.34. The third-order valence-corrected chi connectivity index (χ3v) is 6.65. The highest BCUT2D eigenvalue weighted by atomic mass is 19.1. The van der Waals surface area contributed by atoms with Gasteiger partial charge in [-0.2, -0.15) is 0 Å². The molecule has 190 valence electrons. The summed E-state index contributed by atoms with van der Waals surface area (Å²) in [5.74, 6) is -0.898. The average Bonchev–Trinajstić information content (AvgIpc) is 3.27. The van der Waals surface area contributed by atoms with Crippen LogP contribution in [0.5, 0.6) is 5.75 Å². The lowest BCUT2D eigenvalue weighted by Crippen LogP contribution is -2.56. The second-order valence-electron chi connectivity index (χ2n) is 8.98. The Morgan fingerprint density at radius 3 is 2.75 bits per heavy atom. The van der Waals surface area contributed by atoms with E-state index in [9.17, 15) is 24.2 Å². The van der Waals surface area contributed by atoms with Crippen LogP contribution < -0.4 is 10.1 Å². The van der Waals surface area contributed by atoms with Crippen LogP contribution in [0.25, 0.3) is 0 Å². The van der Waals surface area contributed by atoms with Crippen molar-refractivity contribution in [3.63, 3.8) is 0 Å². The number of fused-ring (bicyclic) bond motifs is 3. The van der Waals surface area contributed by atoms with Crippen molar-refractivity contribution in [2.75, 3.05) is 19.7 Å². The zero-order valence-corrected chi connectivity index (χ0v) is 20.0. The van der Waals surface area contributed by atoms with Crippen molar-refractivity contribution in [2.24, 2.45) is 0 Å². The molecule has 1 aliphatic carbocycles. The van der Waals surface area contributed by atoms with Crippen LogP contribution in [0.15, 0.2) is 72.8 Å². The van der Waals surface area contributed by atoms with Crippen LogP contribution in [0.3, 0.4) is 0 Å². The molecule has 0 saturated heterocycles. The van der Waals surface area contributed by atoms with Gasteiger partial charge in [0.15, 0.2) is 0 Å². The Morgan fingerprint density at radius 2 is 2.00 bits per heavy atom. The van der Waals surface area contributed by atoms with Crippen LogP contribution in [-0.2, 0) is 16.0 Å². The second-order valence-corrected chi connectivity index (χ2v) is 8.98. The summed E-state index contributed by atoms with van der Waals surface area (Å²) in [5.41, 5.74) is 1.88. The van der Waals surface area contributed by atoms with Crippen molar-refractivity contribution in [1.82, 2.24) is 10.2 Å². The summed E-state index contributed by atoms with van der Waals surface area (Å²) in [4.78, 5) is 28.0. The van der Waals surface area contributed by atoms with Gasteiger partial charge in [-0.1, -0.05) is 36.4 Å². The molecular weight excluding hydrogens is 463 g/mol. The molecule has 4 atom stereocenters. The molecule has 0 radical (unpaired) electrons. The summed E-state index contributed by atoms with van der Waals surface area (Å²) in [5, 5.41) is 23.4. The number of hydrogen-bond acceptors (Lipinski definition) is 5.